The van der Waals surface area contributed by atoms with E-state index in [2.05, 4.69) is 15.1 Å². The largest absolute Gasteiger partial charge is 0.485 e. The smallest absolute Gasteiger partial charge is 0.280 e. The van der Waals surface area contributed by atoms with Gasteiger partial charge in [0.25, 0.3) is 12.3 Å². The van der Waals surface area contributed by atoms with E-state index < -0.39 is 18.6 Å². The molecule has 0 bridgehead atoms. The van der Waals surface area contributed by atoms with Gasteiger partial charge in [-0.3, -0.25) is 0 Å². The van der Waals surface area contributed by atoms with E-state index in [-0.39, 0.29) is 17.3 Å². The number of ether oxygens (including phenoxy) is 1. The first-order valence-electron chi connectivity index (χ1n) is 6.58. The molecule has 2 heterocycles. The maximum absolute atomic E-state index is 12.3. The monoisotopic (exact) mass is 296 g/mol. The molecular formula is C13H14F2N4O2. The predicted octanol–water partition coefficient (Wildman–Crippen LogP) is 2.11. The molecule has 1 aliphatic rings. The number of aromatic nitrogens is 3. The van der Waals surface area contributed by atoms with E-state index in [1.165, 1.54) is 12.3 Å². The first-order chi connectivity index (χ1) is 10.1. The van der Waals surface area contributed by atoms with Crippen molar-refractivity contribution in [1.29, 1.82) is 0 Å². The number of hydrogen-bond acceptors (Lipinski definition) is 6. The summed E-state index contributed by atoms with van der Waals surface area (Å²) in [6, 6.07) is 3.11. The summed E-state index contributed by atoms with van der Waals surface area (Å²) in [5.41, 5.74) is 5.80. The van der Waals surface area contributed by atoms with Gasteiger partial charge in [0.1, 0.15) is 6.61 Å². The SMILES string of the molecule is NC1(c2noc(-c3ncccc3OCC(F)F)n2)CCC1. The summed E-state index contributed by atoms with van der Waals surface area (Å²) < 4.78 is 34.7. The fraction of sp³-hybridized carbons (Fsp3) is 0.462. The summed E-state index contributed by atoms with van der Waals surface area (Å²) >= 11 is 0. The van der Waals surface area contributed by atoms with Crippen molar-refractivity contribution in [3.8, 4) is 17.3 Å². The van der Waals surface area contributed by atoms with Crippen LogP contribution < -0.4 is 10.5 Å². The molecule has 112 valence electrons. The average molecular weight is 296 g/mol. The molecule has 0 radical (unpaired) electrons. The Hall–Kier alpha value is -2.09. The van der Waals surface area contributed by atoms with Crippen LogP contribution in [0.25, 0.3) is 11.6 Å². The quantitative estimate of drug-likeness (QED) is 0.909. The average Bonchev–Trinajstić information content (AvgIpc) is 2.92. The van der Waals surface area contributed by atoms with Crippen LogP contribution in [0.2, 0.25) is 0 Å². The van der Waals surface area contributed by atoms with Gasteiger partial charge in [-0.25, -0.2) is 13.8 Å². The van der Waals surface area contributed by atoms with Crippen molar-refractivity contribution >= 4 is 0 Å². The van der Waals surface area contributed by atoms with Gasteiger partial charge in [-0.1, -0.05) is 5.16 Å². The summed E-state index contributed by atoms with van der Waals surface area (Å²) in [5.74, 6) is 0.702. The molecule has 6 nitrogen and oxygen atoms in total. The zero-order chi connectivity index (χ0) is 14.9. The van der Waals surface area contributed by atoms with Gasteiger partial charge in [0.2, 0.25) is 0 Å². The van der Waals surface area contributed by atoms with Gasteiger partial charge >= 0.3 is 0 Å². The van der Waals surface area contributed by atoms with E-state index in [9.17, 15) is 8.78 Å². The second-order valence-corrected chi connectivity index (χ2v) is 4.99. The first-order valence-corrected chi connectivity index (χ1v) is 6.58. The highest BCUT2D eigenvalue weighted by Gasteiger charge is 2.39. The van der Waals surface area contributed by atoms with Crippen LogP contribution in [-0.4, -0.2) is 28.2 Å². The number of nitrogens with two attached hydrogens (primary N) is 1. The van der Waals surface area contributed by atoms with Gasteiger partial charge < -0.3 is 15.0 Å². The van der Waals surface area contributed by atoms with Gasteiger partial charge in [0.15, 0.2) is 17.3 Å². The molecule has 0 aliphatic heterocycles. The van der Waals surface area contributed by atoms with Crippen molar-refractivity contribution in [1.82, 2.24) is 15.1 Å². The van der Waals surface area contributed by atoms with E-state index in [0.29, 0.717) is 5.82 Å². The summed E-state index contributed by atoms with van der Waals surface area (Å²) in [6.45, 7) is -0.722. The summed E-state index contributed by atoms with van der Waals surface area (Å²) in [4.78, 5) is 8.29. The summed E-state index contributed by atoms with van der Waals surface area (Å²) in [6.07, 6.45) is 1.53. The molecule has 2 N–H and O–H groups in total. The minimum Gasteiger partial charge on any atom is -0.485 e. The van der Waals surface area contributed by atoms with Gasteiger partial charge in [0, 0.05) is 6.20 Å². The van der Waals surface area contributed by atoms with E-state index in [1.54, 1.807) is 6.07 Å². The maximum atomic E-state index is 12.3. The molecule has 0 atom stereocenters. The lowest BCUT2D eigenvalue weighted by atomic mass is 9.77. The third-order valence-corrected chi connectivity index (χ3v) is 3.46. The van der Waals surface area contributed by atoms with Gasteiger partial charge in [-0.05, 0) is 31.4 Å². The number of pyridine rings is 1. The van der Waals surface area contributed by atoms with Gasteiger partial charge in [0.05, 0.1) is 5.54 Å². The standard InChI is InChI=1S/C13H14F2N4O2/c14-9(15)7-20-8-3-1-6-17-10(8)11-18-12(19-21-11)13(16)4-2-5-13/h1,3,6,9H,2,4-5,7,16H2. The topological polar surface area (TPSA) is 87.1 Å². The Balaban J connectivity index is 1.86. The van der Waals surface area contributed by atoms with Crippen molar-refractivity contribution < 1.29 is 18.0 Å². The van der Waals surface area contributed by atoms with Crippen molar-refractivity contribution in [2.75, 3.05) is 6.61 Å². The lowest BCUT2D eigenvalue weighted by Gasteiger charge is -2.34. The molecule has 2 aromatic rings. The molecule has 0 saturated heterocycles. The Kier molecular flexibility index (Phi) is 3.54. The number of rotatable bonds is 5. The van der Waals surface area contributed by atoms with Crippen LogP contribution in [0.1, 0.15) is 25.1 Å². The Labute approximate surface area is 119 Å². The van der Waals surface area contributed by atoms with Crippen LogP contribution in [0.5, 0.6) is 5.75 Å². The number of halogens is 2. The Morgan fingerprint density at radius 2 is 2.24 bits per heavy atom. The van der Waals surface area contributed by atoms with Crippen molar-refractivity contribution in [3.63, 3.8) is 0 Å². The van der Waals surface area contributed by atoms with Crippen LogP contribution in [0.3, 0.4) is 0 Å². The zero-order valence-corrected chi connectivity index (χ0v) is 11.1. The van der Waals surface area contributed by atoms with Gasteiger partial charge in [-0.15, -0.1) is 0 Å². The highest BCUT2D eigenvalue weighted by molar-refractivity contribution is 5.56. The van der Waals surface area contributed by atoms with Crippen LogP contribution in [0.4, 0.5) is 8.78 Å². The minimum atomic E-state index is -2.57. The molecule has 1 aliphatic carbocycles. The second kappa shape index (κ2) is 5.36. The summed E-state index contributed by atoms with van der Waals surface area (Å²) in [5, 5.41) is 3.87. The fourth-order valence-corrected chi connectivity index (χ4v) is 2.12. The third kappa shape index (κ3) is 2.71. The van der Waals surface area contributed by atoms with E-state index in [1.807, 2.05) is 0 Å². The molecule has 2 aromatic heterocycles. The molecule has 8 heteroatoms. The highest BCUT2D eigenvalue weighted by atomic mass is 19.3. The van der Waals surface area contributed by atoms with Crippen LogP contribution in [0.15, 0.2) is 22.9 Å². The third-order valence-electron chi connectivity index (χ3n) is 3.46. The van der Waals surface area contributed by atoms with Crippen molar-refractivity contribution in [2.45, 2.75) is 31.2 Å². The number of nitrogens with zero attached hydrogens (tertiary/aromatic N) is 3. The Morgan fingerprint density at radius 3 is 2.90 bits per heavy atom. The molecule has 21 heavy (non-hydrogen) atoms. The Bertz CT molecular complexity index is 628. The predicted molar refractivity (Wildman–Crippen MR) is 68.7 cm³/mol. The molecule has 0 spiro atoms. The maximum Gasteiger partial charge on any atom is 0.280 e. The Morgan fingerprint density at radius 1 is 1.43 bits per heavy atom. The van der Waals surface area contributed by atoms with E-state index in [0.717, 1.165) is 19.3 Å². The van der Waals surface area contributed by atoms with E-state index in [4.69, 9.17) is 15.0 Å². The number of hydrogen-bond donors (Lipinski definition) is 1. The molecule has 1 fully saturated rings. The van der Waals surface area contributed by atoms with Crippen LogP contribution in [0, 0.1) is 0 Å². The fourth-order valence-electron chi connectivity index (χ4n) is 2.12. The molecule has 0 unspecified atom stereocenters. The number of alkyl halides is 2. The molecule has 0 aromatic carbocycles. The minimum absolute atomic E-state index is 0.117. The first kappa shape index (κ1) is 13.9. The van der Waals surface area contributed by atoms with Crippen molar-refractivity contribution in [2.24, 2.45) is 5.73 Å². The normalized spacial score (nSPS) is 16.8. The lowest BCUT2D eigenvalue weighted by Crippen LogP contribution is -2.44. The lowest BCUT2D eigenvalue weighted by molar-refractivity contribution is 0.0819. The highest BCUT2D eigenvalue weighted by Crippen LogP contribution is 2.38. The van der Waals surface area contributed by atoms with Gasteiger partial charge in [-0.2, -0.15) is 4.98 Å². The van der Waals surface area contributed by atoms with Crippen LogP contribution in [-0.2, 0) is 5.54 Å². The molecule has 0 amide bonds. The van der Waals surface area contributed by atoms with E-state index >= 15 is 0 Å². The molecule has 3 rings (SSSR count). The molecule has 1 saturated carbocycles. The van der Waals surface area contributed by atoms with Crippen molar-refractivity contribution in [3.05, 3.63) is 24.2 Å². The van der Waals surface area contributed by atoms with Crippen LogP contribution >= 0.6 is 0 Å². The second-order valence-electron chi connectivity index (χ2n) is 4.99. The summed E-state index contributed by atoms with van der Waals surface area (Å²) in [7, 11) is 0. The molecular weight excluding hydrogens is 282 g/mol. The zero-order valence-electron chi connectivity index (χ0n) is 11.1.